The quantitative estimate of drug-likeness (QED) is 0.749. The van der Waals surface area contributed by atoms with Crippen LogP contribution in [0.5, 0.6) is 0 Å². The summed E-state index contributed by atoms with van der Waals surface area (Å²) in [4.78, 5) is 34.6. The van der Waals surface area contributed by atoms with Crippen molar-refractivity contribution in [3.63, 3.8) is 0 Å². The number of amides is 1. The van der Waals surface area contributed by atoms with Crippen molar-refractivity contribution in [2.45, 2.75) is 32.7 Å². The molecule has 23 heavy (non-hydrogen) atoms. The molecule has 0 saturated heterocycles. The number of aldehydes is 1. The van der Waals surface area contributed by atoms with Gasteiger partial charge in [0, 0.05) is 13.5 Å². The van der Waals surface area contributed by atoms with Gasteiger partial charge in [-0.3, -0.25) is 9.36 Å². The van der Waals surface area contributed by atoms with Gasteiger partial charge in [-0.25, -0.2) is 4.79 Å². The number of likely N-dealkylation sites (N-methyl/N-ethyl adjacent to an activating group) is 1. The lowest BCUT2D eigenvalue weighted by molar-refractivity contribution is -0.124. The first kappa shape index (κ1) is 20.4. The Kier molecular flexibility index (Phi) is 9.75. The van der Waals surface area contributed by atoms with E-state index in [0.717, 1.165) is 0 Å². The molecule has 1 heterocycles. The van der Waals surface area contributed by atoms with Crippen LogP contribution in [0.1, 0.15) is 32.7 Å². The number of carbonyl (C=O) groups excluding carboxylic acids is 2. The smallest absolute Gasteiger partial charge is 0.408 e. The van der Waals surface area contributed by atoms with Crippen LogP contribution in [0.25, 0.3) is 12.2 Å². The first-order chi connectivity index (χ1) is 11.1. The Labute approximate surface area is 135 Å². The van der Waals surface area contributed by atoms with Crippen molar-refractivity contribution in [2.75, 3.05) is 7.05 Å². The van der Waals surface area contributed by atoms with Gasteiger partial charge in [0.05, 0.1) is 5.35 Å². The maximum Gasteiger partial charge on any atom is 0.420 e. The van der Waals surface area contributed by atoms with Crippen molar-refractivity contribution >= 4 is 24.3 Å². The van der Waals surface area contributed by atoms with E-state index >= 15 is 0 Å². The summed E-state index contributed by atoms with van der Waals surface area (Å²) in [6.07, 6.45) is 7.11. The normalized spacial score (nSPS) is 12.8. The number of hydrogen-bond acceptors (Lipinski definition) is 4. The van der Waals surface area contributed by atoms with Crippen molar-refractivity contribution in [1.29, 1.82) is 0 Å². The molecule has 1 aromatic heterocycles. The second kappa shape index (κ2) is 11.0. The van der Waals surface area contributed by atoms with E-state index in [9.17, 15) is 14.4 Å². The van der Waals surface area contributed by atoms with Gasteiger partial charge in [0.2, 0.25) is 5.91 Å². The van der Waals surface area contributed by atoms with Crippen LogP contribution in [-0.2, 0) is 9.59 Å². The second-order valence-corrected chi connectivity index (χ2v) is 4.17. The molecular formula is C17H24N2O4. The Balaban J connectivity index is 0.00000232. The Bertz CT molecular complexity index is 710. The standard InChI is InChI=1S/C15H18N2O4.C2H6/c1-4-7-11-13(8-5-2)21-15(20)17(11)12(9-6-10-18)14(19)16-3;1-2/h4-5,7-8,10,12H,1-2,6,9H2,3H3,(H,16,19);1-2H3/b11-7+,13-8+;. The van der Waals surface area contributed by atoms with Gasteiger partial charge in [0.1, 0.15) is 12.3 Å². The molecule has 0 aliphatic rings. The number of rotatable bonds is 7. The molecule has 1 rings (SSSR count). The zero-order valence-electron chi connectivity index (χ0n) is 13.9. The Morgan fingerprint density at radius 3 is 2.39 bits per heavy atom. The maximum absolute atomic E-state index is 12.1. The SMILES string of the molecule is C=C/C=c1/oc(=O)n(C(CCC=O)C(=O)NC)/c1=C/C=C.CC. The lowest BCUT2D eigenvalue weighted by atomic mass is 10.1. The monoisotopic (exact) mass is 320 g/mol. The average molecular weight is 320 g/mol. The van der Waals surface area contributed by atoms with Gasteiger partial charge in [-0.2, -0.15) is 0 Å². The summed E-state index contributed by atoms with van der Waals surface area (Å²) in [7, 11) is 1.47. The van der Waals surface area contributed by atoms with E-state index in [1.165, 1.54) is 29.8 Å². The second-order valence-electron chi connectivity index (χ2n) is 4.17. The first-order valence-corrected chi connectivity index (χ1v) is 7.42. The zero-order chi connectivity index (χ0) is 17.8. The minimum Gasteiger partial charge on any atom is -0.408 e. The molecule has 1 N–H and O–H groups in total. The van der Waals surface area contributed by atoms with Crippen LogP contribution in [0.15, 0.2) is 34.5 Å². The van der Waals surface area contributed by atoms with Gasteiger partial charge in [-0.1, -0.05) is 39.2 Å². The summed E-state index contributed by atoms with van der Waals surface area (Å²) in [6, 6.07) is -0.824. The van der Waals surface area contributed by atoms with E-state index in [4.69, 9.17) is 4.42 Å². The highest BCUT2D eigenvalue weighted by Crippen LogP contribution is 2.08. The van der Waals surface area contributed by atoms with Crippen LogP contribution in [0.2, 0.25) is 0 Å². The molecule has 1 unspecified atom stereocenters. The lowest BCUT2D eigenvalue weighted by Gasteiger charge is -2.14. The number of allylic oxidation sites excluding steroid dienone is 2. The molecule has 6 nitrogen and oxygen atoms in total. The number of carbonyl (C=O) groups is 2. The zero-order valence-corrected chi connectivity index (χ0v) is 13.9. The minimum atomic E-state index is -0.824. The number of oxazole rings is 1. The molecular weight excluding hydrogens is 296 g/mol. The van der Waals surface area contributed by atoms with E-state index < -0.39 is 11.8 Å². The molecule has 0 aromatic carbocycles. The van der Waals surface area contributed by atoms with Crippen LogP contribution in [0.4, 0.5) is 0 Å². The first-order valence-electron chi connectivity index (χ1n) is 7.42. The van der Waals surface area contributed by atoms with Gasteiger partial charge in [0.25, 0.3) is 0 Å². The summed E-state index contributed by atoms with van der Waals surface area (Å²) in [5.41, 5.74) is 0.287. The maximum atomic E-state index is 12.1. The summed E-state index contributed by atoms with van der Waals surface area (Å²) >= 11 is 0. The molecule has 6 heteroatoms. The van der Waals surface area contributed by atoms with E-state index in [0.29, 0.717) is 11.6 Å². The fourth-order valence-corrected chi connectivity index (χ4v) is 1.98. The van der Waals surface area contributed by atoms with Gasteiger partial charge < -0.3 is 14.5 Å². The summed E-state index contributed by atoms with van der Waals surface area (Å²) in [5.74, 6) is -1.04. The van der Waals surface area contributed by atoms with Crippen LogP contribution in [0.3, 0.4) is 0 Å². The Morgan fingerprint density at radius 2 is 1.91 bits per heavy atom. The van der Waals surface area contributed by atoms with Gasteiger partial charge in [-0.05, 0) is 18.6 Å². The number of aromatic nitrogens is 1. The fraction of sp³-hybridized carbons (Fsp3) is 0.353. The largest absolute Gasteiger partial charge is 0.420 e. The van der Waals surface area contributed by atoms with Crippen molar-refractivity contribution in [3.05, 3.63) is 46.6 Å². The summed E-state index contributed by atoms with van der Waals surface area (Å²) in [5, 5.41) is 2.90. The molecule has 1 aromatic rings. The van der Waals surface area contributed by atoms with Gasteiger partial charge in [-0.15, -0.1) is 0 Å². The van der Waals surface area contributed by atoms with Crippen LogP contribution >= 0.6 is 0 Å². The predicted octanol–water partition coefficient (Wildman–Crippen LogP) is 0.667. The predicted molar refractivity (Wildman–Crippen MR) is 91.3 cm³/mol. The van der Waals surface area contributed by atoms with Crippen molar-refractivity contribution in [3.8, 4) is 0 Å². The third-order valence-corrected chi connectivity index (χ3v) is 2.87. The topological polar surface area (TPSA) is 81.3 Å². The summed E-state index contributed by atoms with van der Waals surface area (Å²) in [6.45, 7) is 11.1. The lowest BCUT2D eigenvalue weighted by Crippen LogP contribution is -2.41. The van der Waals surface area contributed by atoms with Crippen molar-refractivity contribution in [2.24, 2.45) is 0 Å². The third kappa shape index (κ3) is 5.25. The molecule has 0 saturated carbocycles. The molecule has 0 spiro atoms. The van der Waals surface area contributed by atoms with E-state index in [1.54, 1.807) is 6.08 Å². The minimum absolute atomic E-state index is 0.156. The van der Waals surface area contributed by atoms with Gasteiger partial charge in [0.15, 0.2) is 5.42 Å². The molecule has 0 radical (unpaired) electrons. The van der Waals surface area contributed by atoms with E-state index in [1.807, 2.05) is 13.8 Å². The molecule has 0 fully saturated rings. The van der Waals surface area contributed by atoms with Crippen LogP contribution in [0, 0.1) is 0 Å². The van der Waals surface area contributed by atoms with Crippen molar-refractivity contribution in [1.82, 2.24) is 9.88 Å². The fourth-order valence-electron chi connectivity index (χ4n) is 1.98. The third-order valence-electron chi connectivity index (χ3n) is 2.87. The number of nitrogens with zero attached hydrogens (tertiary/aromatic N) is 1. The molecule has 1 amide bonds. The van der Waals surface area contributed by atoms with E-state index in [-0.39, 0.29) is 24.2 Å². The Morgan fingerprint density at radius 1 is 1.30 bits per heavy atom. The molecule has 0 aliphatic carbocycles. The average Bonchev–Trinajstić information content (AvgIpc) is 2.86. The number of hydrogen-bond donors (Lipinski definition) is 1. The highest BCUT2D eigenvalue weighted by Gasteiger charge is 2.23. The molecule has 1 atom stereocenters. The van der Waals surface area contributed by atoms with Gasteiger partial charge >= 0.3 is 5.76 Å². The van der Waals surface area contributed by atoms with E-state index in [2.05, 4.69) is 18.5 Å². The van der Waals surface area contributed by atoms with Crippen molar-refractivity contribution < 1.29 is 14.0 Å². The molecule has 126 valence electrons. The van der Waals surface area contributed by atoms with Crippen LogP contribution < -0.4 is 21.8 Å². The Hall–Kier alpha value is -2.63. The highest BCUT2D eigenvalue weighted by atomic mass is 16.4. The highest BCUT2D eigenvalue weighted by molar-refractivity contribution is 5.80. The number of nitrogens with one attached hydrogen (secondary N) is 1. The van der Waals surface area contributed by atoms with Crippen LogP contribution in [-0.4, -0.2) is 23.8 Å². The molecule has 0 bridgehead atoms. The molecule has 0 aliphatic heterocycles. The summed E-state index contributed by atoms with van der Waals surface area (Å²) < 4.78 is 6.35.